The zero-order chi connectivity index (χ0) is 11.7. The maximum Gasteiger partial charge on any atom is 0.225 e. The van der Waals surface area contributed by atoms with Gasteiger partial charge >= 0.3 is 0 Å². The van der Waals surface area contributed by atoms with Crippen LogP contribution in [0, 0.1) is 5.92 Å². The zero-order valence-corrected chi connectivity index (χ0v) is 9.75. The van der Waals surface area contributed by atoms with Crippen molar-refractivity contribution in [2.24, 2.45) is 5.92 Å². The van der Waals surface area contributed by atoms with Crippen molar-refractivity contribution in [2.75, 3.05) is 31.1 Å². The highest BCUT2D eigenvalue weighted by Gasteiger charge is 2.34. The second kappa shape index (κ2) is 4.31. The van der Waals surface area contributed by atoms with Crippen LogP contribution in [0.1, 0.15) is 12.8 Å². The monoisotopic (exact) mass is 232 g/mol. The average Bonchev–Trinajstić information content (AvgIpc) is 3.24. The van der Waals surface area contributed by atoms with E-state index in [0.717, 1.165) is 44.8 Å². The summed E-state index contributed by atoms with van der Waals surface area (Å²) in [6.07, 6.45) is 3.85. The maximum absolute atomic E-state index is 11.9. The smallest absolute Gasteiger partial charge is 0.225 e. The van der Waals surface area contributed by atoms with Crippen LogP contribution in [0.3, 0.4) is 0 Å². The number of nitrogens with zero attached hydrogens (tertiary/aromatic N) is 4. The van der Waals surface area contributed by atoms with Gasteiger partial charge in [0.15, 0.2) is 5.82 Å². The van der Waals surface area contributed by atoms with E-state index in [2.05, 4.69) is 15.1 Å². The number of carbonyl (C=O) groups is 1. The van der Waals surface area contributed by atoms with Crippen LogP contribution in [0.15, 0.2) is 18.3 Å². The van der Waals surface area contributed by atoms with Crippen molar-refractivity contribution in [3.05, 3.63) is 18.3 Å². The number of amides is 1. The van der Waals surface area contributed by atoms with Gasteiger partial charge in [-0.3, -0.25) is 4.79 Å². The molecule has 1 amide bonds. The van der Waals surface area contributed by atoms with E-state index < -0.39 is 0 Å². The molecule has 1 saturated carbocycles. The minimum absolute atomic E-state index is 0.332. The average molecular weight is 232 g/mol. The molecule has 17 heavy (non-hydrogen) atoms. The normalized spacial score (nSPS) is 20.5. The molecular formula is C12H16N4O. The summed E-state index contributed by atoms with van der Waals surface area (Å²) < 4.78 is 0. The fourth-order valence-corrected chi connectivity index (χ4v) is 2.21. The standard InChI is InChI=1S/C12H16N4O/c17-12(10-3-4-10)16-8-6-15(7-9-16)11-2-1-5-13-14-11/h1-2,5,10H,3-4,6-9H2. The topological polar surface area (TPSA) is 49.3 Å². The van der Waals surface area contributed by atoms with Crippen LogP contribution < -0.4 is 4.90 Å². The molecule has 1 aliphatic carbocycles. The number of rotatable bonds is 2. The van der Waals surface area contributed by atoms with Crippen molar-refractivity contribution >= 4 is 11.7 Å². The molecule has 0 N–H and O–H groups in total. The Bertz CT molecular complexity index is 396. The molecule has 2 fully saturated rings. The Balaban J connectivity index is 1.58. The summed E-state index contributed by atoms with van der Waals surface area (Å²) in [4.78, 5) is 16.1. The summed E-state index contributed by atoms with van der Waals surface area (Å²) in [5, 5.41) is 7.97. The molecular weight excluding hydrogens is 216 g/mol. The van der Waals surface area contributed by atoms with Crippen molar-refractivity contribution in [3.8, 4) is 0 Å². The number of anilines is 1. The van der Waals surface area contributed by atoms with Gasteiger partial charge in [0.2, 0.25) is 5.91 Å². The summed E-state index contributed by atoms with van der Waals surface area (Å²) in [7, 11) is 0. The molecule has 1 aromatic rings. The van der Waals surface area contributed by atoms with E-state index in [0.29, 0.717) is 11.8 Å². The Morgan fingerprint density at radius 2 is 2.00 bits per heavy atom. The van der Waals surface area contributed by atoms with E-state index in [-0.39, 0.29) is 0 Å². The number of aromatic nitrogens is 2. The van der Waals surface area contributed by atoms with Gasteiger partial charge in [-0.25, -0.2) is 0 Å². The highest BCUT2D eigenvalue weighted by molar-refractivity contribution is 5.81. The van der Waals surface area contributed by atoms with Gasteiger partial charge in [-0.2, -0.15) is 5.10 Å². The molecule has 0 unspecified atom stereocenters. The lowest BCUT2D eigenvalue weighted by Crippen LogP contribution is -2.49. The molecule has 90 valence electrons. The molecule has 3 rings (SSSR count). The molecule has 2 aliphatic rings. The molecule has 2 heterocycles. The van der Waals surface area contributed by atoms with Crippen LogP contribution in [-0.4, -0.2) is 47.2 Å². The van der Waals surface area contributed by atoms with Gasteiger partial charge in [0.05, 0.1) is 0 Å². The molecule has 0 spiro atoms. The fraction of sp³-hybridized carbons (Fsp3) is 0.583. The van der Waals surface area contributed by atoms with E-state index in [1.54, 1.807) is 6.20 Å². The van der Waals surface area contributed by atoms with Crippen LogP contribution in [0.2, 0.25) is 0 Å². The summed E-state index contributed by atoms with van der Waals surface area (Å²) in [5.74, 6) is 1.59. The van der Waals surface area contributed by atoms with E-state index in [1.807, 2.05) is 17.0 Å². The molecule has 1 aromatic heterocycles. The first-order chi connectivity index (χ1) is 8.34. The molecule has 0 bridgehead atoms. The lowest BCUT2D eigenvalue weighted by molar-refractivity contribution is -0.132. The predicted molar refractivity (Wildman–Crippen MR) is 63.5 cm³/mol. The Morgan fingerprint density at radius 1 is 1.24 bits per heavy atom. The van der Waals surface area contributed by atoms with E-state index in [1.165, 1.54) is 0 Å². The molecule has 0 radical (unpaired) electrons. The summed E-state index contributed by atoms with van der Waals surface area (Å²) in [5.41, 5.74) is 0. The van der Waals surface area contributed by atoms with Gasteiger partial charge in [0.1, 0.15) is 0 Å². The summed E-state index contributed by atoms with van der Waals surface area (Å²) >= 11 is 0. The summed E-state index contributed by atoms with van der Waals surface area (Å²) in [6.45, 7) is 3.34. The van der Waals surface area contributed by atoms with E-state index in [9.17, 15) is 4.79 Å². The highest BCUT2D eigenvalue weighted by atomic mass is 16.2. The van der Waals surface area contributed by atoms with Gasteiger partial charge in [-0.15, -0.1) is 5.10 Å². The SMILES string of the molecule is O=C(C1CC1)N1CCN(c2cccnn2)CC1. The quantitative estimate of drug-likeness (QED) is 0.746. The van der Waals surface area contributed by atoms with Crippen molar-refractivity contribution < 1.29 is 4.79 Å². The lowest BCUT2D eigenvalue weighted by Gasteiger charge is -2.35. The van der Waals surface area contributed by atoms with Crippen molar-refractivity contribution in [3.63, 3.8) is 0 Å². The number of hydrogen-bond acceptors (Lipinski definition) is 4. The molecule has 5 heteroatoms. The van der Waals surface area contributed by atoms with E-state index >= 15 is 0 Å². The first kappa shape index (κ1) is 10.5. The third-order valence-corrected chi connectivity index (χ3v) is 3.40. The Kier molecular flexibility index (Phi) is 2.66. The number of carbonyl (C=O) groups excluding carboxylic acids is 1. The van der Waals surface area contributed by atoms with Crippen LogP contribution in [-0.2, 0) is 4.79 Å². The molecule has 0 aromatic carbocycles. The number of hydrogen-bond donors (Lipinski definition) is 0. The van der Waals surface area contributed by atoms with Crippen LogP contribution in [0.4, 0.5) is 5.82 Å². The fourth-order valence-electron chi connectivity index (χ4n) is 2.21. The Labute approximate surface area is 100 Å². The molecule has 0 atom stereocenters. The minimum atomic E-state index is 0.332. The zero-order valence-electron chi connectivity index (χ0n) is 9.75. The third kappa shape index (κ3) is 2.23. The van der Waals surface area contributed by atoms with Gasteiger partial charge in [-0.1, -0.05) is 0 Å². The third-order valence-electron chi connectivity index (χ3n) is 3.40. The van der Waals surface area contributed by atoms with Crippen molar-refractivity contribution in [1.82, 2.24) is 15.1 Å². The Morgan fingerprint density at radius 3 is 2.59 bits per heavy atom. The molecule has 1 aliphatic heterocycles. The van der Waals surface area contributed by atoms with Crippen LogP contribution in [0.5, 0.6) is 0 Å². The Hall–Kier alpha value is -1.65. The first-order valence-corrected chi connectivity index (χ1v) is 6.16. The second-order valence-electron chi connectivity index (χ2n) is 4.67. The molecule has 1 saturated heterocycles. The van der Waals surface area contributed by atoms with Gasteiger partial charge in [-0.05, 0) is 25.0 Å². The highest BCUT2D eigenvalue weighted by Crippen LogP contribution is 2.31. The lowest BCUT2D eigenvalue weighted by atomic mass is 10.2. The van der Waals surface area contributed by atoms with E-state index in [4.69, 9.17) is 0 Å². The minimum Gasteiger partial charge on any atom is -0.352 e. The van der Waals surface area contributed by atoms with Gasteiger partial charge in [0, 0.05) is 38.3 Å². The molecule has 5 nitrogen and oxygen atoms in total. The predicted octanol–water partition coefficient (Wildman–Crippen LogP) is 0.535. The number of piperazine rings is 1. The van der Waals surface area contributed by atoms with Crippen LogP contribution >= 0.6 is 0 Å². The van der Waals surface area contributed by atoms with Crippen LogP contribution in [0.25, 0.3) is 0 Å². The van der Waals surface area contributed by atoms with Gasteiger partial charge < -0.3 is 9.80 Å². The largest absolute Gasteiger partial charge is 0.352 e. The van der Waals surface area contributed by atoms with Gasteiger partial charge in [0.25, 0.3) is 0 Å². The second-order valence-corrected chi connectivity index (χ2v) is 4.67. The first-order valence-electron chi connectivity index (χ1n) is 6.16. The van der Waals surface area contributed by atoms with Crippen molar-refractivity contribution in [2.45, 2.75) is 12.8 Å². The van der Waals surface area contributed by atoms with Crippen molar-refractivity contribution in [1.29, 1.82) is 0 Å². The summed E-state index contributed by atoms with van der Waals surface area (Å²) in [6, 6.07) is 3.86. The maximum atomic E-state index is 11.9.